The van der Waals surface area contributed by atoms with Crippen LogP contribution in [0.1, 0.15) is 23.0 Å². The molecule has 5 nitrogen and oxygen atoms in total. The smallest absolute Gasteiger partial charge is 0.354 e. The van der Waals surface area contributed by atoms with Gasteiger partial charge in [0.2, 0.25) is 0 Å². The van der Waals surface area contributed by atoms with Crippen molar-refractivity contribution in [3.8, 4) is 5.75 Å². The minimum atomic E-state index is -0.533. The Labute approximate surface area is 190 Å². The lowest BCUT2D eigenvalue weighted by Crippen LogP contribution is -2.04. The van der Waals surface area contributed by atoms with Gasteiger partial charge in [-0.05, 0) is 48.9 Å². The van der Waals surface area contributed by atoms with Crippen LogP contribution in [0.25, 0.3) is 10.9 Å². The van der Waals surface area contributed by atoms with Crippen LogP contribution in [-0.4, -0.2) is 24.2 Å². The van der Waals surface area contributed by atoms with Gasteiger partial charge in [-0.25, -0.2) is 9.18 Å². The van der Waals surface area contributed by atoms with Crippen molar-refractivity contribution in [3.63, 3.8) is 0 Å². The van der Waals surface area contributed by atoms with Gasteiger partial charge in [0.05, 0.1) is 23.8 Å². The average Bonchev–Trinajstić information content (AvgIpc) is 3.25. The van der Waals surface area contributed by atoms with E-state index in [-0.39, 0.29) is 17.8 Å². The molecule has 0 fully saturated rings. The predicted molar refractivity (Wildman–Crippen MR) is 125 cm³/mol. The van der Waals surface area contributed by atoms with E-state index in [0.717, 1.165) is 6.42 Å². The number of aromatic amines is 1. The molecule has 0 spiro atoms. The lowest BCUT2D eigenvalue weighted by molar-refractivity contribution is 0.0520. The Morgan fingerprint density at radius 1 is 1.09 bits per heavy atom. The molecule has 0 radical (unpaired) electrons. The molecule has 164 valence electrons. The molecule has 1 heterocycles. The number of H-pyrrole nitrogens is 1. The zero-order valence-electron chi connectivity index (χ0n) is 17.5. The van der Waals surface area contributed by atoms with E-state index in [1.54, 1.807) is 31.2 Å². The van der Waals surface area contributed by atoms with Crippen molar-refractivity contribution in [3.05, 3.63) is 88.8 Å². The first-order valence-electron chi connectivity index (χ1n) is 10.3. The van der Waals surface area contributed by atoms with Crippen LogP contribution in [-0.2, 0) is 11.2 Å². The lowest BCUT2D eigenvalue weighted by atomic mass is 10.2. The number of fused-ring (bicyclic) bond motifs is 1. The number of hydrogen-bond donors (Lipinski definition) is 2. The number of rotatable bonds is 8. The van der Waals surface area contributed by atoms with Crippen molar-refractivity contribution in [2.75, 3.05) is 18.5 Å². The number of anilines is 2. The first kappa shape index (κ1) is 21.7. The van der Waals surface area contributed by atoms with Crippen molar-refractivity contribution < 1.29 is 18.7 Å². The molecule has 32 heavy (non-hydrogen) atoms. The molecule has 2 N–H and O–H groups in total. The highest BCUT2D eigenvalue weighted by Gasteiger charge is 2.16. The van der Waals surface area contributed by atoms with Crippen LogP contribution in [0.5, 0.6) is 5.75 Å². The second kappa shape index (κ2) is 9.75. The van der Waals surface area contributed by atoms with Crippen molar-refractivity contribution in [1.29, 1.82) is 0 Å². The molecule has 0 atom stereocenters. The summed E-state index contributed by atoms with van der Waals surface area (Å²) in [6.45, 7) is 2.46. The largest absolute Gasteiger partial charge is 0.492 e. The zero-order chi connectivity index (χ0) is 22.5. The van der Waals surface area contributed by atoms with Gasteiger partial charge in [0.1, 0.15) is 17.3 Å². The topological polar surface area (TPSA) is 63.4 Å². The fourth-order valence-electron chi connectivity index (χ4n) is 3.39. The lowest BCUT2D eigenvalue weighted by Gasteiger charge is -2.12. The third kappa shape index (κ3) is 4.86. The number of halogens is 2. The monoisotopic (exact) mass is 452 g/mol. The van der Waals surface area contributed by atoms with E-state index in [2.05, 4.69) is 22.4 Å². The van der Waals surface area contributed by atoms with Crippen molar-refractivity contribution in [2.45, 2.75) is 13.3 Å². The maximum absolute atomic E-state index is 14.3. The van der Waals surface area contributed by atoms with Crippen LogP contribution in [0, 0.1) is 5.82 Å². The van der Waals surface area contributed by atoms with Gasteiger partial charge < -0.3 is 19.8 Å². The van der Waals surface area contributed by atoms with Crippen LogP contribution in [0.3, 0.4) is 0 Å². The normalized spacial score (nSPS) is 10.8. The van der Waals surface area contributed by atoms with Gasteiger partial charge in [0.25, 0.3) is 0 Å². The van der Waals surface area contributed by atoms with E-state index in [9.17, 15) is 9.18 Å². The molecular formula is C25H22ClFN2O3. The Balaban J connectivity index is 1.49. The van der Waals surface area contributed by atoms with Crippen molar-refractivity contribution in [1.82, 2.24) is 4.98 Å². The van der Waals surface area contributed by atoms with Crippen molar-refractivity contribution >= 4 is 39.8 Å². The number of esters is 1. The molecule has 4 aromatic rings. The van der Waals surface area contributed by atoms with Gasteiger partial charge in [0.15, 0.2) is 0 Å². The van der Waals surface area contributed by atoms with Gasteiger partial charge >= 0.3 is 5.97 Å². The number of aromatic nitrogens is 1. The highest BCUT2D eigenvalue weighted by atomic mass is 35.5. The SMILES string of the molecule is CCOC(=O)c1cc2c(Nc3ccc(OCCc4ccccc4)c(Cl)c3)ccc(F)c2[nH]1. The Hall–Kier alpha value is -3.51. The molecule has 0 amide bonds. The third-order valence-corrected chi connectivity index (χ3v) is 5.24. The fraction of sp³-hybridized carbons (Fsp3) is 0.160. The van der Waals surface area contributed by atoms with E-state index in [0.29, 0.717) is 34.1 Å². The fourth-order valence-corrected chi connectivity index (χ4v) is 3.62. The summed E-state index contributed by atoms with van der Waals surface area (Å²) >= 11 is 6.41. The van der Waals surface area contributed by atoms with Gasteiger partial charge in [-0.3, -0.25) is 0 Å². The Kier molecular flexibility index (Phi) is 6.61. The summed E-state index contributed by atoms with van der Waals surface area (Å²) < 4.78 is 25.1. The first-order chi connectivity index (χ1) is 15.5. The van der Waals surface area contributed by atoms with E-state index >= 15 is 0 Å². The Morgan fingerprint density at radius 3 is 2.66 bits per heavy atom. The molecule has 0 unspecified atom stereocenters. The highest BCUT2D eigenvalue weighted by Crippen LogP contribution is 2.33. The van der Waals surface area contributed by atoms with Crippen LogP contribution >= 0.6 is 11.6 Å². The maximum atomic E-state index is 14.3. The second-order valence-electron chi connectivity index (χ2n) is 7.14. The maximum Gasteiger partial charge on any atom is 0.354 e. The number of carbonyl (C=O) groups excluding carboxylic acids is 1. The Morgan fingerprint density at radius 2 is 1.91 bits per heavy atom. The molecule has 4 rings (SSSR count). The number of carbonyl (C=O) groups is 1. The standard InChI is InChI=1S/C25H22ClFN2O3/c1-2-31-25(30)22-15-18-21(10-9-20(27)24(18)29-22)28-17-8-11-23(19(26)14-17)32-13-12-16-6-4-3-5-7-16/h3-11,14-15,28-29H,2,12-13H2,1H3. The molecule has 7 heteroatoms. The van der Waals surface area contributed by atoms with E-state index in [4.69, 9.17) is 21.1 Å². The van der Waals surface area contributed by atoms with Crippen LogP contribution in [0.15, 0.2) is 66.7 Å². The predicted octanol–water partition coefficient (Wildman–Crippen LogP) is 6.50. The van der Waals surface area contributed by atoms with Crippen LogP contribution in [0.2, 0.25) is 5.02 Å². The molecule has 0 aliphatic carbocycles. The second-order valence-corrected chi connectivity index (χ2v) is 7.55. The number of nitrogens with one attached hydrogen (secondary N) is 2. The molecule has 3 aromatic carbocycles. The van der Waals surface area contributed by atoms with E-state index < -0.39 is 11.8 Å². The van der Waals surface area contributed by atoms with Crippen molar-refractivity contribution in [2.24, 2.45) is 0 Å². The summed E-state index contributed by atoms with van der Waals surface area (Å²) in [6, 6.07) is 19.9. The van der Waals surface area contributed by atoms with Gasteiger partial charge in [0, 0.05) is 23.2 Å². The highest BCUT2D eigenvalue weighted by molar-refractivity contribution is 6.32. The quantitative estimate of drug-likeness (QED) is 0.299. The number of hydrogen-bond acceptors (Lipinski definition) is 4. The average molecular weight is 453 g/mol. The van der Waals surface area contributed by atoms with Crippen LogP contribution in [0.4, 0.5) is 15.8 Å². The molecule has 0 bridgehead atoms. The number of ether oxygens (including phenoxy) is 2. The summed E-state index contributed by atoms with van der Waals surface area (Å²) in [7, 11) is 0. The molecule has 0 saturated carbocycles. The molecule has 1 aromatic heterocycles. The summed E-state index contributed by atoms with van der Waals surface area (Å²) in [6.07, 6.45) is 0.779. The van der Waals surface area contributed by atoms with E-state index in [1.165, 1.54) is 11.6 Å². The minimum absolute atomic E-state index is 0.190. The Bertz CT molecular complexity index is 1240. The summed E-state index contributed by atoms with van der Waals surface area (Å²) in [5, 5.41) is 4.23. The first-order valence-corrected chi connectivity index (χ1v) is 10.6. The molecule has 0 aliphatic rings. The third-order valence-electron chi connectivity index (χ3n) is 4.94. The molecule has 0 aliphatic heterocycles. The van der Waals surface area contributed by atoms with Gasteiger partial charge in [-0.2, -0.15) is 0 Å². The van der Waals surface area contributed by atoms with Gasteiger partial charge in [-0.15, -0.1) is 0 Å². The summed E-state index contributed by atoms with van der Waals surface area (Å²) in [5.41, 5.74) is 2.94. The molecule has 0 saturated heterocycles. The summed E-state index contributed by atoms with van der Waals surface area (Å²) in [4.78, 5) is 14.8. The number of benzene rings is 3. The van der Waals surface area contributed by atoms with Crippen LogP contribution < -0.4 is 10.1 Å². The van der Waals surface area contributed by atoms with Gasteiger partial charge in [-0.1, -0.05) is 41.9 Å². The summed E-state index contributed by atoms with van der Waals surface area (Å²) in [5.74, 6) is -0.404. The molecular weight excluding hydrogens is 431 g/mol. The zero-order valence-corrected chi connectivity index (χ0v) is 18.2. The van der Waals surface area contributed by atoms with E-state index in [1.807, 2.05) is 24.3 Å². The minimum Gasteiger partial charge on any atom is -0.492 e.